The van der Waals surface area contributed by atoms with E-state index < -0.39 is 0 Å². The third-order valence-electron chi connectivity index (χ3n) is 5.78. The average Bonchev–Trinajstić information content (AvgIpc) is 3.47. The number of benzene rings is 2. The fourth-order valence-electron chi connectivity index (χ4n) is 4.14. The van der Waals surface area contributed by atoms with Gasteiger partial charge in [-0.1, -0.05) is 12.1 Å². The van der Waals surface area contributed by atoms with Crippen LogP contribution in [-0.4, -0.2) is 34.6 Å². The van der Waals surface area contributed by atoms with Crippen LogP contribution in [0.1, 0.15) is 39.9 Å². The van der Waals surface area contributed by atoms with Gasteiger partial charge in [-0.2, -0.15) is 0 Å². The zero-order valence-corrected chi connectivity index (χ0v) is 16.1. The van der Waals surface area contributed by atoms with Gasteiger partial charge in [0.05, 0.1) is 19.2 Å². The third-order valence-corrected chi connectivity index (χ3v) is 5.78. The number of phenols is 1. The maximum absolute atomic E-state index is 13.2. The van der Waals surface area contributed by atoms with Gasteiger partial charge >= 0.3 is 0 Å². The number of hydrogen-bond donors (Lipinski definition) is 1. The van der Waals surface area contributed by atoms with Crippen LogP contribution in [0.5, 0.6) is 11.5 Å². The molecule has 0 spiro atoms. The second-order valence-electron chi connectivity index (χ2n) is 7.91. The lowest BCUT2D eigenvalue weighted by atomic mass is 9.99. The largest absolute Gasteiger partial charge is 0.505 e. The summed E-state index contributed by atoms with van der Waals surface area (Å²) in [5.41, 5.74) is 3.28. The van der Waals surface area contributed by atoms with E-state index in [9.17, 15) is 14.3 Å². The van der Waals surface area contributed by atoms with Crippen molar-refractivity contribution in [3.8, 4) is 11.5 Å². The topological polar surface area (TPSA) is 62.7 Å². The third kappa shape index (κ3) is 3.09. The summed E-state index contributed by atoms with van der Waals surface area (Å²) in [6.07, 6.45) is 4.56. The van der Waals surface area contributed by atoms with Crippen molar-refractivity contribution in [2.24, 2.45) is 5.92 Å². The molecule has 2 heterocycles. The number of methoxy groups -OCH3 is 1. The molecule has 5 rings (SSSR count). The fourth-order valence-corrected chi connectivity index (χ4v) is 4.14. The number of carbonyl (C=O) groups is 1. The first-order chi connectivity index (χ1) is 14.0. The minimum absolute atomic E-state index is 0.0765. The van der Waals surface area contributed by atoms with Crippen LogP contribution in [0.25, 0.3) is 10.9 Å². The van der Waals surface area contributed by atoms with Crippen molar-refractivity contribution in [3.63, 3.8) is 0 Å². The molecular weight excluding hydrogens is 371 g/mol. The molecule has 1 N–H and O–H groups in total. The van der Waals surface area contributed by atoms with Crippen molar-refractivity contribution < 1.29 is 19.0 Å². The molecule has 0 bridgehead atoms. The summed E-state index contributed by atoms with van der Waals surface area (Å²) in [4.78, 5) is 19.1. The van der Waals surface area contributed by atoms with Gasteiger partial charge in [-0.15, -0.1) is 0 Å². The number of nitrogens with zero attached hydrogens (tertiary/aromatic N) is 2. The van der Waals surface area contributed by atoms with Crippen LogP contribution >= 0.6 is 0 Å². The number of aromatic nitrogens is 1. The molecule has 0 saturated heterocycles. The standard InChI is InChI=1S/C23H21FN2O3/c1-29-22-17-9-15(8-13-4-6-16(24)7-5-13)10-25-20(17)21(27)19-18(22)12-26(23(19)28)11-14-2-3-14/h4-7,9-10,14,27H,2-3,8,11-12H2,1H3. The molecule has 1 fully saturated rings. The molecule has 0 radical (unpaired) electrons. The highest BCUT2D eigenvalue weighted by atomic mass is 19.1. The van der Waals surface area contributed by atoms with E-state index >= 15 is 0 Å². The van der Waals surface area contributed by atoms with E-state index in [2.05, 4.69) is 4.98 Å². The van der Waals surface area contributed by atoms with E-state index in [1.54, 1.807) is 30.3 Å². The molecule has 0 atom stereocenters. The molecule has 5 nitrogen and oxygen atoms in total. The summed E-state index contributed by atoms with van der Waals surface area (Å²) >= 11 is 0. The Hall–Kier alpha value is -3.15. The number of carbonyl (C=O) groups excluding carboxylic acids is 1. The highest BCUT2D eigenvalue weighted by Crippen LogP contribution is 2.45. The normalized spacial score (nSPS) is 15.8. The second-order valence-corrected chi connectivity index (χ2v) is 7.91. The molecule has 148 valence electrons. The molecule has 1 aromatic heterocycles. The minimum Gasteiger partial charge on any atom is -0.505 e. The number of hydrogen-bond acceptors (Lipinski definition) is 4. The number of rotatable bonds is 5. The van der Waals surface area contributed by atoms with Gasteiger partial charge in [-0.05, 0) is 54.5 Å². The Kier molecular flexibility index (Phi) is 4.15. The predicted octanol–water partition coefficient (Wildman–Crippen LogP) is 4.04. The number of ether oxygens (including phenoxy) is 1. The van der Waals surface area contributed by atoms with Crippen LogP contribution in [0.3, 0.4) is 0 Å². The Balaban J connectivity index is 1.57. The molecule has 29 heavy (non-hydrogen) atoms. The molecule has 3 aromatic rings. The number of phenolic OH excluding ortho intramolecular Hbond substituents is 1. The summed E-state index contributed by atoms with van der Waals surface area (Å²) < 4.78 is 18.8. The predicted molar refractivity (Wildman–Crippen MR) is 107 cm³/mol. The van der Waals surface area contributed by atoms with Crippen LogP contribution in [-0.2, 0) is 13.0 Å². The van der Waals surface area contributed by atoms with Crippen molar-refractivity contribution in [1.82, 2.24) is 9.88 Å². The summed E-state index contributed by atoms with van der Waals surface area (Å²) in [5.74, 6) is 0.659. The molecule has 1 aliphatic carbocycles. The van der Waals surface area contributed by atoms with Gasteiger partial charge in [-0.25, -0.2) is 4.39 Å². The summed E-state index contributed by atoms with van der Waals surface area (Å²) in [6, 6.07) is 8.28. The van der Waals surface area contributed by atoms with Crippen LogP contribution in [0.2, 0.25) is 0 Å². The molecule has 1 saturated carbocycles. The minimum atomic E-state index is -0.270. The molecule has 1 amide bonds. The Bertz CT molecular complexity index is 1120. The van der Waals surface area contributed by atoms with E-state index in [-0.39, 0.29) is 17.5 Å². The van der Waals surface area contributed by atoms with Gasteiger partial charge in [0.2, 0.25) is 0 Å². The summed E-state index contributed by atoms with van der Waals surface area (Å²) in [5, 5.41) is 11.5. The number of pyridine rings is 1. The maximum Gasteiger partial charge on any atom is 0.258 e. The smallest absolute Gasteiger partial charge is 0.258 e. The van der Waals surface area contributed by atoms with Crippen molar-refractivity contribution in [2.45, 2.75) is 25.8 Å². The molecule has 0 unspecified atom stereocenters. The Labute approximate surface area is 167 Å². The lowest BCUT2D eigenvalue weighted by molar-refractivity contribution is 0.0769. The number of amides is 1. The Morgan fingerprint density at radius 3 is 2.69 bits per heavy atom. The zero-order chi connectivity index (χ0) is 20.1. The van der Waals surface area contributed by atoms with E-state index in [0.717, 1.165) is 36.1 Å². The summed E-state index contributed by atoms with van der Waals surface area (Å²) in [7, 11) is 1.58. The SMILES string of the molecule is COc1c2c(c(O)c3ncc(Cc4ccc(F)cc4)cc13)C(=O)N(CC1CC1)C2. The highest BCUT2D eigenvalue weighted by Gasteiger charge is 2.38. The van der Waals surface area contributed by atoms with Crippen molar-refractivity contribution in [2.75, 3.05) is 13.7 Å². The van der Waals surface area contributed by atoms with Crippen molar-refractivity contribution in [1.29, 1.82) is 0 Å². The molecule has 2 aliphatic rings. The molecule has 1 aliphatic heterocycles. The van der Waals surface area contributed by atoms with E-state index in [1.807, 2.05) is 6.07 Å². The van der Waals surface area contributed by atoms with Gasteiger partial charge in [0.15, 0.2) is 5.75 Å². The van der Waals surface area contributed by atoms with Gasteiger partial charge in [-0.3, -0.25) is 9.78 Å². The molecular formula is C23H21FN2O3. The monoisotopic (exact) mass is 392 g/mol. The van der Waals surface area contributed by atoms with E-state index in [0.29, 0.717) is 41.1 Å². The fraction of sp³-hybridized carbons (Fsp3) is 0.304. The number of halogens is 1. The average molecular weight is 392 g/mol. The lowest BCUT2D eigenvalue weighted by Gasteiger charge is -2.14. The van der Waals surface area contributed by atoms with E-state index in [1.165, 1.54) is 12.1 Å². The van der Waals surface area contributed by atoms with Crippen molar-refractivity contribution in [3.05, 3.63) is 64.6 Å². The quantitative estimate of drug-likeness (QED) is 0.712. The lowest BCUT2D eigenvalue weighted by Crippen LogP contribution is -2.26. The Morgan fingerprint density at radius 2 is 2.00 bits per heavy atom. The maximum atomic E-state index is 13.2. The van der Waals surface area contributed by atoms with Gasteiger partial charge in [0, 0.05) is 23.7 Å². The molecule has 2 aromatic carbocycles. The first-order valence-corrected chi connectivity index (χ1v) is 9.79. The summed E-state index contributed by atoms with van der Waals surface area (Å²) in [6.45, 7) is 1.16. The first kappa shape index (κ1) is 17.9. The van der Waals surface area contributed by atoms with Gasteiger partial charge in [0.1, 0.15) is 17.1 Å². The zero-order valence-electron chi connectivity index (χ0n) is 16.1. The first-order valence-electron chi connectivity index (χ1n) is 9.79. The van der Waals surface area contributed by atoms with Crippen LogP contribution in [0.15, 0.2) is 36.5 Å². The van der Waals surface area contributed by atoms with Crippen LogP contribution in [0, 0.1) is 11.7 Å². The van der Waals surface area contributed by atoms with Gasteiger partial charge < -0.3 is 14.7 Å². The number of fused-ring (bicyclic) bond motifs is 2. The second kappa shape index (κ2) is 6.72. The van der Waals surface area contributed by atoms with Crippen LogP contribution in [0.4, 0.5) is 4.39 Å². The Morgan fingerprint density at radius 1 is 1.24 bits per heavy atom. The van der Waals surface area contributed by atoms with E-state index in [4.69, 9.17) is 4.74 Å². The van der Waals surface area contributed by atoms with Crippen molar-refractivity contribution >= 4 is 16.8 Å². The number of aromatic hydroxyl groups is 1. The van der Waals surface area contributed by atoms with Crippen LogP contribution < -0.4 is 4.74 Å². The highest BCUT2D eigenvalue weighted by molar-refractivity contribution is 6.08. The van der Waals surface area contributed by atoms with Gasteiger partial charge in [0.25, 0.3) is 5.91 Å². The molecule has 6 heteroatoms.